The van der Waals surface area contributed by atoms with Gasteiger partial charge in [0.25, 0.3) is 0 Å². The van der Waals surface area contributed by atoms with Crippen LogP contribution in [0.1, 0.15) is 38.5 Å². The minimum absolute atomic E-state index is 0.00165. The number of nitrogens with one attached hydrogen (secondary N) is 2. The number of likely N-dealkylation sites (N-methyl/N-ethyl adjacent to an activating group) is 1. The third-order valence-corrected chi connectivity index (χ3v) is 5.47. The van der Waals surface area contributed by atoms with E-state index < -0.39 is 0 Å². The molecular weight excluding hydrogens is 250 g/mol. The molecule has 0 aromatic carbocycles. The van der Waals surface area contributed by atoms with Crippen molar-refractivity contribution in [1.82, 2.24) is 15.5 Å². The van der Waals surface area contributed by atoms with Crippen LogP contribution in [0.15, 0.2) is 23.8 Å². The summed E-state index contributed by atoms with van der Waals surface area (Å²) >= 11 is 0. The molecule has 2 amide bonds. The van der Waals surface area contributed by atoms with E-state index in [-0.39, 0.29) is 17.1 Å². The number of allylic oxidation sites excluding steroid dienone is 3. The van der Waals surface area contributed by atoms with E-state index in [1.54, 1.807) is 5.57 Å². The molecule has 3 aliphatic rings. The van der Waals surface area contributed by atoms with Crippen molar-refractivity contribution in [2.75, 3.05) is 20.6 Å². The standard InChI is InChI=1S/C16H25N3O/c1-19(2)16(13-6-4-3-5-7-13)10-8-15(9-11-16)12-17-14(20)18-15/h3-4,6H,5,7-12H2,1-2H3,(H2,17,18,20)/t15-,16+. The van der Waals surface area contributed by atoms with Gasteiger partial charge >= 0.3 is 6.03 Å². The Bertz CT molecular complexity index is 456. The Balaban J connectivity index is 1.80. The molecule has 0 aromatic heterocycles. The Kier molecular flexibility index (Phi) is 3.36. The Hall–Kier alpha value is -1.29. The minimum atomic E-state index is 0.00165. The molecule has 3 rings (SSSR count). The van der Waals surface area contributed by atoms with Gasteiger partial charge in [0, 0.05) is 12.1 Å². The number of rotatable bonds is 2. The Morgan fingerprint density at radius 3 is 2.45 bits per heavy atom. The molecule has 2 fully saturated rings. The minimum Gasteiger partial charge on any atom is -0.336 e. The van der Waals surface area contributed by atoms with Gasteiger partial charge in [-0.1, -0.05) is 18.2 Å². The van der Waals surface area contributed by atoms with Gasteiger partial charge in [-0.3, -0.25) is 4.90 Å². The lowest BCUT2D eigenvalue weighted by Gasteiger charge is -2.50. The summed E-state index contributed by atoms with van der Waals surface area (Å²) in [6, 6.07) is 0.00201. The smallest absolute Gasteiger partial charge is 0.315 e. The van der Waals surface area contributed by atoms with Crippen molar-refractivity contribution in [2.24, 2.45) is 0 Å². The second-order valence-electron chi connectivity index (χ2n) is 6.67. The van der Waals surface area contributed by atoms with Crippen LogP contribution in [0.5, 0.6) is 0 Å². The topological polar surface area (TPSA) is 44.4 Å². The van der Waals surface area contributed by atoms with Crippen molar-refractivity contribution >= 4 is 6.03 Å². The van der Waals surface area contributed by atoms with E-state index in [4.69, 9.17) is 0 Å². The molecule has 2 aliphatic carbocycles. The highest BCUT2D eigenvalue weighted by atomic mass is 16.2. The van der Waals surface area contributed by atoms with Crippen LogP contribution < -0.4 is 10.6 Å². The fourth-order valence-corrected chi connectivity index (χ4v) is 4.07. The highest BCUT2D eigenvalue weighted by Gasteiger charge is 2.48. The van der Waals surface area contributed by atoms with Crippen LogP contribution in [-0.2, 0) is 0 Å². The molecule has 2 N–H and O–H groups in total. The molecule has 4 nitrogen and oxygen atoms in total. The molecular formula is C16H25N3O. The van der Waals surface area contributed by atoms with Crippen molar-refractivity contribution in [1.29, 1.82) is 0 Å². The number of hydrogen-bond acceptors (Lipinski definition) is 2. The number of amides is 2. The summed E-state index contributed by atoms with van der Waals surface area (Å²) in [6.45, 7) is 0.786. The lowest BCUT2D eigenvalue weighted by molar-refractivity contribution is 0.0952. The average molecular weight is 275 g/mol. The van der Waals surface area contributed by atoms with E-state index in [0.717, 1.165) is 38.6 Å². The first-order chi connectivity index (χ1) is 9.56. The molecule has 1 heterocycles. The molecule has 1 saturated carbocycles. The van der Waals surface area contributed by atoms with E-state index >= 15 is 0 Å². The second kappa shape index (κ2) is 4.92. The molecule has 1 spiro atoms. The van der Waals surface area contributed by atoms with E-state index in [9.17, 15) is 4.79 Å². The second-order valence-corrected chi connectivity index (χ2v) is 6.67. The largest absolute Gasteiger partial charge is 0.336 e. The van der Waals surface area contributed by atoms with Gasteiger partial charge in [0.05, 0.1) is 5.54 Å². The van der Waals surface area contributed by atoms with Crippen molar-refractivity contribution in [3.63, 3.8) is 0 Å². The van der Waals surface area contributed by atoms with Gasteiger partial charge in [0.2, 0.25) is 0 Å². The van der Waals surface area contributed by atoms with E-state index in [1.165, 1.54) is 6.42 Å². The molecule has 1 saturated heterocycles. The van der Waals surface area contributed by atoms with E-state index in [1.807, 2.05) is 0 Å². The molecule has 0 unspecified atom stereocenters. The van der Waals surface area contributed by atoms with E-state index in [2.05, 4.69) is 47.9 Å². The summed E-state index contributed by atoms with van der Waals surface area (Å²) in [5.74, 6) is 0. The summed E-state index contributed by atoms with van der Waals surface area (Å²) in [6.07, 6.45) is 13.5. The van der Waals surface area contributed by atoms with Gasteiger partial charge in [-0.15, -0.1) is 0 Å². The van der Waals surface area contributed by atoms with Crippen LogP contribution in [0.25, 0.3) is 0 Å². The zero-order valence-electron chi connectivity index (χ0n) is 12.5. The van der Waals surface area contributed by atoms with Crippen LogP contribution in [0.2, 0.25) is 0 Å². The van der Waals surface area contributed by atoms with Crippen LogP contribution in [0, 0.1) is 0 Å². The highest BCUT2D eigenvalue weighted by Crippen LogP contribution is 2.44. The van der Waals surface area contributed by atoms with Gasteiger partial charge < -0.3 is 10.6 Å². The number of hydrogen-bond donors (Lipinski definition) is 2. The fourth-order valence-electron chi connectivity index (χ4n) is 4.07. The predicted molar refractivity (Wildman–Crippen MR) is 80.6 cm³/mol. The van der Waals surface area contributed by atoms with Crippen LogP contribution in [-0.4, -0.2) is 42.6 Å². The van der Waals surface area contributed by atoms with Crippen molar-refractivity contribution < 1.29 is 4.79 Å². The number of carbonyl (C=O) groups excluding carboxylic acids is 1. The van der Waals surface area contributed by atoms with Gasteiger partial charge in [-0.25, -0.2) is 4.79 Å². The number of urea groups is 1. The maximum absolute atomic E-state index is 11.5. The maximum atomic E-state index is 11.5. The summed E-state index contributed by atoms with van der Waals surface area (Å²) in [4.78, 5) is 13.9. The molecule has 20 heavy (non-hydrogen) atoms. The van der Waals surface area contributed by atoms with Crippen molar-refractivity contribution in [3.05, 3.63) is 23.8 Å². The predicted octanol–water partition coefficient (Wildman–Crippen LogP) is 2.19. The zero-order valence-corrected chi connectivity index (χ0v) is 12.5. The number of nitrogens with zero attached hydrogens (tertiary/aromatic N) is 1. The SMILES string of the molecule is CN(C)[C@]1(C2=CC=CCC2)CC[C@]2(CC1)CNC(=O)N2. The first-order valence-corrected chi connectivity index (χ1v) is 7.66. The first kappa shape index (κ1) is 13.7. The molecule has 4 heteroatoms. The zero-order chi connectivity index (χ0) is 14.2. The quantitative estimate of drug-likeness (QED) is 0.811. The Labute approximate surface area is 121 Å². The molecule has 1 aliphatic heterocycles. The van der Waals surface area contributed by atoms with Gasteiger partial charge in [0.15, 0.2) is 0 Å². The van der Waals surface area contributed by atoms with Crippen LogP contribution in [0.4, 0.5) is 4.79 Å². The third-order valence-electron chi connectivity index (χ3n) is 5.47. The average Bonchev–Trinajstić information content (AvgIpc) is 2.82. The Morgan fingerprint density at radius 1 is 1.20 bits per heavy atom. The lowest BCUT2D eigenvalue weighted by atomic mass is 9.67. The highest BCUT2D eigenvalue weighted by molar-refractivity contribution is 5.77. The normalized spacial score (nSPS) is 37.0. The van der Waals surface area contributed by atoms with Crippen LogP contribution in [0.3, 0.4) is 0 Å². The number of carbonyl (C=O) groups is 1. The first-order valence-electron chi connectivity index (χ1n) is 7.66. The fraction of sp³-hybridized carbons (Fsp3) is 0.688. The van der Waals surface area contributed by atoms with Gasteiger partial charge in [-0.05, 0) is 58.2 Å². The van der Waals surface area contributed by atoms with Crippen molar-refractivity contribution in [3.8, 4) is 0 Å². The van der Waals surface area contributed by atoms with Crippen LogP contribution >= 0.6 is 0 Å². The molecule has 0 atom stereocenters. The Morgan fingerprint density at radius 2 is 1.95 bits per heavy atom. The summed E-state index contributed by atoms with van der Waals surface area (Å²) in [5.41, 5.74) is 1.75. The lowest BCUT2D eigenvalue weighted by Crippen LogP contribution is -2.56. The monoisotopic (exact) mass is 275 g/mol. The molecule has 110 valence electrons. The summed E-state index contributed by atoms with van der Waals surface area (Å²) in [7, 11) is 4.39. The summed E-state index contributed by atoms with van der Waals surface area (Å²) < 4.78 is 0. The van der Waals surface area contributed by atoms with E-state index in [0.29, 0.717) is 0 Å². The third kappa shape index (κ3) is 2.16. The molecule has 0 bridgehead atoms. The van der Waals surface area contributed by atoms with Gasteiger partial charge in [-0.2, -0.15) is 0 Å². The maximum Gasteiger partial charge on any atom is 0.315 e. The summed E-state index contributed by atoms with van der Waals surface area (Å²) in [5, 5.41) is 6.07. The molecule has 0 radical (unpaired) electrons. The van der Waals surface area contributed by atoms with Crippen molar-refractivity contribution in [2.45, 2.75) is 49.6 Å². The van der Waals surface area contributed by atoms with Gasteiger partial charge in [0.1, 0.15) is 0 Å². The molecule has 0 aromatic rings.